The fourth-order valence-corrected chi connectivity index (χ4v) is 4.78. The number of H-pyrrole nitrogens is 1. The van der Waals surface area contributed by atoms with E-state index in [2.05, 4.69) is 30.3 Å². The maximum Gasteiger partial charge on any atom is 0.272 e. The lowest BCUT2D eigenvalue weighted by Crippen LogP contribution is -2.21. The van der Waals surface area contributed by atoms with Crippen LogP contribution < -0.4 is 10.9 Å². The number of nitrogens with zero attached hydrogens (tertiary/aromatic N) is 4. The Bertz CT molecular complexity index is 1300. The number of thioether (sulfide) groups is 1. The van der Waals surface area contributed by atoms with Gasteiger partial charge in [-0.3, -0.25) is 9.36 Å². The summed E-state index contributed by atoms with van der Waals surface area (Å²) in [6, 6.07) is 14.0. The Hall–Kier alpha value is -3.46. The third-order valence-electron chi connectivity index (χ3n) is 5.36. The monoisotopic (exact) mass is 434 g/mol. The zero-order chi connectivity index (χ0) is 21.4. The third-order valence-corrected chi connectivity index (χ3v) is 6.38. The van der Waals surface area contributed by atoms with E-state index in [1.54, 1.807) is 36.2 Å². The van der Waals surface area contributed by atoms with E-state index >= 15 is 0 Å². The second-order valence-corrected chi connectivity index (χ2v) is 8.38. The minimum Gasteiger partial charge on any atom is -0.324 e. The summed E-state index contributed by atoms with van der Waals surface area (Å²) in [7, 11) is 0. The molecule has 2 aromatic carbocycles. The number of aromatic amines is 1. The highest BCUT2D eigenvalue weighted by Crippen LogP contribution is 2.35. The average Bonchev–Trinajstić information content (AvgIpc) is 3.19. The quantitative estimate of drug-likeness (QED) is 0.504. The van der Waals surface area contributed by atoms with Gasteiger partial charge in [0.1, 0.15) is 11.6 Å². The lowest BCUT2D eigenvalue weighted by Gasteiger charge is -2.26. The molecule has 0 spiro atoms. The molecule has 5 rings (SSSR count). The van der Waals surface area contributed by atoms with Crippen molar-refractivity contribution in [3.05, 3.63) is 87.9 Å². The minimum atomic E-state index is -0.256. The molecule has 0 fully saturated rings. The van der Waals surface area contributed by atoms with Gasteiger partial charge in [-0.15, -0.1) is 10.2 Å². The molecule has 0 saturated carbocycles. The fourth-order valence-electron chi connectivity index (χ4n) is 3.72. The van der Waals surface area contributed by atoms with Crippen LogP contribution in [0.3, 0.4) is 0 Å². The number of benzene rings is 2. The summed E-state index contributed by atoms with van der Waals surface area (Å²) in [6.45, 7) is 1.99. The van der Waals surface area contributed by atoms with Crippen LogP contribution in [0, 0.1) is 12.7 Å². The van der Waals surface area contributed by atoms with E-state index in [-0.39, 0.29) is 17.4 Å². The fraction of sp³-hybridized carbons (Fsp3) is 0.182. The van der Waals surface area contributed by atoms with Crippen molar-refractivity contribution in [3.63, 3.8) is 0 Å². The minimum absolute atomic E-state index is 0.00150. The number of hydrogen-bond donors (Lipinski definition) is 2. The molecule has 0 amide bonds. The first kappa shape index (κ1) is 19.5. The van der Waals surface area contributed by atoms with E-state index in [1.165, 1.54) is 12.1 Å². The first-order valence-electron chi connectivity index (χ1n) is 9.79. The average molecular weight is 435 g/mol. The zero-order valence-corrected chi connectivity index (χ0v) is 17.5. The Kier molecular flexibility index (Phi) is 5.03. The predicted octanol–water partition coefficient (Wildman–Crippen LogP) is 4.06. The standard InChI is InChI=1S/C22H19FN6OS/c1-13-2-3-15(17-8-9-24-27-21(17)30)10-18(13)25-22-28-26-20-12-31-11-19(29(20)22)14-4-6-16(23)7-5-14/h2-10,19H,11-12H2,1H3,(H,25,28)(H,27,30)/t19-/m0/s1. The SMILES string of the molecule is Cc1ccc(-c2ccn[nH]c2=O)cc1Nc1nnc2n1[C@H](c1ccc(F)cc1)CSC2. The van der Waals surface area contributed by atoms with E-state index in [0.717, 1.165) is 39.7 Å². The molecule has 0 aliphatic carbocycles. The highest BCUT2D eigenvalue weighted by atomic mass is 32.2. The van der Waals surface area contributed by atoms with Crippen molar-refractivity contribution in [2.75, 3.05) is 11.1 Å². The molecule has 1 atom stereocenters. The molecule has 3 heterocycles. The second-order valence-electron chi connectivity index (χ2n) is 7.35. The van der Waals surface area contributed by atoms with Crippen molar-refractivity contribution in [1.82, 2.24) is 25.0 Å². The van der Waals surface area contributed by atoms with Crippen LogP contribution in [0.5, 0.6) is 0 Å². The largest absolute Gasteiger partial charge is 0.324 e. The van der Waals surface area contributed by atoms with Crippen molar-refractivity contribution in [2.45, 2.75) is 18.7 Å². The van der Waals surface area contributed by atoms with Crippen LogP contribution in [0.25, 0.3) is 11.1 Å². The van der Waals surface area contributed by atoms with Crippen LogP contribution in [0.1, 0.15) is 23.0 Å². The Morgan fingerprint density at radius 1 is 1.16 bits per heavy atom. The number of nitrogens with one attached hydrogen (secondary N) is 2. The third kappa shape index (κ3) is 3.72. The summed E-state index contributed by atoms with van der Waals surface area (Å²) >= 11 is 1.78. The zero-order valence-electron chi connectivity index (χ0n) is 16.7. The van der Waals surface area contributed by atoms with E-state index in [1.807, 2.05) is 25.1 Å². The van der Waals surface area contributed by atoms with Gasteiger partial charge in [0.25, 0.3) is 5.56 Å². The van der Waals surface area contributed by atoms with E-state index in [0.29, 0.717) is 11.5 Å². The number of halogens is 1. The Balaban J connectivity index is 1.53. The van der Waals surface area contributed by atoms with Gasteiger partial charge in [-0.25, -0.2) is 9.49 Å². The maximum atomic E-state index is 13.4. The van der Waals surface area contributed by atoms with Crippen LogP contribution in [0.4, 0.5) is 16.0 Å². The van der Waals surface area contributed by atoms with Gasteiger partial charge < -0.3 is 5.32 Å². The highest BCUT2D eigenvalue weighted by molar-refractivity contribution is 7.98. The Morgan fingerprint density at radius 3 is 2.81 bits per heavy atom. The van der Waals surface area contributed by atoms with Crippen molar-refractivity contribution >= 4 is 23.4 Å². The van der Waals surface area contributed by atoms with E-state index in [9.17, 15) is 9.18 Å². The smallest absolute Gasteiger partial charge is 0.272 e. The molecule has 31 heavy (non-hydrogen) atoms. The molecule has 0 saturated heterocycles. The summed E-state index contributed by atoms with van der Waals surface area (Å²) in [5.41, 5.74) is 3.93. The number of aromatic nitrogens is 5. The van der Waals surface area contributed by atoms with Crippen LogP contribution in [-0.2, 0) is 5.75 Å². The molecular formula is C22H19FN6OS. The lowest BCUT2D eigenvalue weighted by atomic mass is 10.0. The van der Waals surface area contributed by atoms with E-state index in [4.69, 9.17) is 0 Å². The van der Waals surface area contributed by atoms with Crippen molar-refractivity contribution < 1.29 is 4.39 Å². The number of hydrogen-bond acceptors (Lipinski definition) is 6. The normalized spacial score (nSPS) is 15.5. The van der Waals surface area contributed by atoms with Crippen molar-refractivity contribution in [3.8, 4) is 11.1 Å². The molecule has 1 aliphatic rings. The van der Waals surface area contributed by atoms with Gasteiger partial charge in [-0.2, -0.15) is 16.9 Å². The van der Waals surface area contributed by atoms with Gasteiger partial charge >= 0.3 is 0 Å². The molecule has 0 bridgehead atoms. The molecule has 2 aromatic heterocycles. The Labute approximate surface area is 181 Å². The molecular weight excluding hydrogens is 415 g/mol. The van der Waals surface area contributed by atoms with Gasteiger partial charge in [0.05, 0.1) is 17.4 Å². The molecule has 0 unspecified atom stereocenters. The molecule has 4 aromatic rings. The van der Waals surface area contributed by atoms with Crippen LogP contribution >= 0.6 is 11.8 Å². The molecule has 9 heteroatoms. The van der Waals surface area contributed by atoms with E-state index < -0.39 is 0 Å². The van der Waals surface area contributed by atoms with Gasteiger partial charge in [0.15, 0.2) is 0 Å². The number of aryl methyl sites for hydroxylation is 1. The molecule has 156 valence electrons. The summed E-state index contributed by atoms with van der Waals surface area (Å²) in [6.07, 6.45) is 1.56. The maximum absolute atomic E-state index is 13.4. The van der Waals surface area contributed by atoms with Crippen molar-refractivity contribution in [1.29, 1.82) is 0 Å². The predicted molar refractivity (Wildman–Crippen MR) is 119 cm³/mol. The number of anilines is 2. The first-order valence-corrected chi connectivity index (χ1v) is 10.9. The second kappa shape index (κ2) is 7.99. The highest BCUT2D eigenvalue weighted by Gasteiger charge is 2.27. The van der Waals surface area contributed by atoms with Crippen molar-refractivity contribution in [2.24, 2.45) is 0 Å². The summed E-state index contributed by atoms with van der Waals surface area (Å²) in [4.78, 5) is 12.2. The van der Waals surface area contributed by atoms with Gasteiger partial charge in [-0.05, 0) is 47.9 Å². The van der Waals surface area contributed by atoms with Crippen LogP contribution in [0.2, 0.25) is 0 Å². The van der Waals surface area contributed by atoms with Gasteiger partial charge in [0.2, 0.25) is 5.95 Å². The summed E-state index contributed by atoms with van der Waals surface area (Å²) in [5.74, 6) is 2.84. The van der Waals surface area contributed by atoms with Gasteiger partial charge in [0, 0.05) is 17.6 Å². The molecule has 2 N–H and O–H groups in total. The molecule has 0 radical (unpaired) electrons. The molecule has 7 nitrogen and oxygen atoms in total. The summed E-state index contributed by atoms with van der Waals surface area (Å²) in [5, 5.41) is 18.4. The number of fused-ring (bicyclic) bond motifs is 1. The Morgan fingerprint density at radius 2 is 2.00 bits per heavy atom. The topological polar surface area (TPSA) is 88.5 Å². The lowest BCUT2D eigenvalue weighted by molar-refractivity contribution is 0.607. The summed E-state index contributed by atoms with van der Waals surface area (Å²) < 4.78 is 15.5. The number of rotatable bonds is 4. The first-order chi connectivity index (χ1) is 15.1. The molecule has 1 aliphatic heterocycles. The van der Waals surface area contributed by atoms with Crippen LogP contribution in [0.15, 0.2) is 59.5 Å². The van der Waals surface area contributed by atoms with Gasteiger partial charge in [-0.1, -0.05) is 24.3 Å². The van der Waals surface area contributed by atoms with Crippen LogP contribution in [-0.4, -0.2) is 30.7 Å².